The van der Waals surface area contributed by atoms with Gasteiger partial charge in [0.05, 0.1) is 11.0 Å². The van der Waals surface area contributed by atoms with Crippen molar-refractivity contribution < 1.29 is 0 Å². The van der Waals surface area contributed by atoms with Crippen LogP contribution in [0.4, 0.5) is 17.1 Å². The van der Waals surface area contributed by atoms with Crippen LogP contribution in [0.25, 0.3) is 72.8 Å². The number of rotatable bonds is 8. The number of benzene rings is 8. The van der Waals surface area contributed by atoms with E-state index in [-0.39, 0.29) is 0 Å². The highest BCUT2D eigenvalue weighted by molar-refractivity contribution is 6.10. The van der Waals surface area contributed by atoms with Gasteiger partial charge in [0.2, 0.25) is 0 Å². The summed E-state index contributed by atoms with van der Waals surface area (Å²) in [5.74, 6) is 1.89. The Kier molecular flexibility index (Phi) is 8.43. The molecule has 0 fully saturated rings. The molecule has 56 heavy (non-hydrogen) atoms. The van der Waals surface area contributed by atoms with Crippen LogP contribution in [0.5, 0.6) is 0 Å². The number of hydrogen-bond acceptors (Lipinski definition) is 4. The summed E-state index contributed by atoms with van der Waals surface area (Å²) in [6.45, 7) is 0. The molecule has 0 N–H and O–H groups in total. The minimum Gasteiger partial charge on any atom is -0.310 e. The van der Waals surface area contributed by atoms with E-state index in [4.69, 9.17) is 15.0 Å². The van der Waals surface area contributed by atoms with Crippen LogP contribution in [-0.4, -0.2) is 19.5 Å². The molecule has 0 atom stereocenters. The Bertz CT molecular complexity index is 2900. The third kappa shape index (κ3) is 6.17. The summed E-state index contributed by atoms with van der Waals surface area (Å²) in [7, 11) is 0. The van der Waals surface area contributed by atoms with Gasteiger partial charge in [-0.25, -0.2) is 15.0 Å². The van der Waals surface area contributed by atoms with E-state index in [1.165, 1.54) is 5.39 Å². The van der Waals surface area contributed by atoms with Gasteiger partial charge in [0, 0.05) is 50.2 Å². The highest BCUT2D eigenvalue weighted by Gasteiger charge is 2.17. The molecule has 0 aliphatic heterocycles. The smallest absolute Gasteiger partial charge is 0.164 e. The number of hydrogen-bond donors (Lipinski definition) is 0. The lowest BCUT2D eigenvalue weighted by Crippen LogP contribution is -2.09. The fourth-order valence-corrected chi connectivity index (χ4v) is 7.56. The average Bonchev–Trinajstić information content (AvgIpc) is 3.61. The third-order valence-corrected chi connectivity index (χ3v) is 10.2. The Morgan fingerprint density at radius 1 is 0.304 bits per heavy atom. The summed E-state index contributed by atoms with van der Waals surface area (Å²) in [5.41, 5.74) is 11.7. The molecular formula is C51H35N5. The Hall–Kier alpha value is -7.63. The van der Waals surface area contributed by atoms with Gasteiger partial charge in [-0.1, -0.05) is 140 Å². The molecule has 0 unspecified atom stereocenters. The first-order valence-electron chi connectivity index (χ1n) is 18.8. The van der Waals surface area contributed by atoms with Gasteiger partial charge in [-0.2, -0.15) is 0 Å². The number of anilines is 3. The van der Waals surface area contributed by atoms with Crippen molar-refractivity contribution in [3.05, 3.63) is 212 Å². The minimum atomic E-state index is 0.625. The minimum absolute atomic E-state index is 0.625. The molecule has 264 valence electrons. The van der Waals surface area contributed by atoms with Crippen LogP contribution in [0.1, 0.15) is 0 Å². The van der Waals surface area contributed by atoms with Crippen molar-refractivity contribution in [3.63, 3.8) is 0 Å². The molecular weight excluding hydrogens is 683 g/mol. The molecule has 2 heterocycles. The summed E-state index contributed by atoms with van der Waals surface area (Å²) < 4.78 is 2.32. The SMILES string of the molecule is c1ccc(-c2nc(-c3ccc(-c4cccc(N(c5ccccc5)c5ccccc5)c4)cc3)nc(-c3ccc4c(c3)c3ccccc3n4-c3ccccc3)n2)cc1. The Morgan fingerprint density at radius 3 is 1.43 bits per heavy atom. The molecule has 0 saturated heterocycles. The van der Waals surface area contributed by atoms with E-state index in [1.807, 2.05) is 42.5 Å². The third-order valence-electron chi connectivity index (χ3n) is 10.2. The molecule has 10 aromatic rings. The molecule has 5 heteroatoms. The molecule has 0 saturated carbocycles. The lowest BCUT2D eigenvalue weighted by molar-refractivity contribution is 1.07. The van der Waals surface area contributed by atoms with Crippen LogP contribution in [0.3, 0.4) is 0 Å². The lowest BCUT2D eigenvalue weighted by atomic mass is 10.0. The van der Waals surface area contributed by atoms with Gasteiger partial charge >= 0.3 is 0 Å². The standard InChI is InChI=1S/C51H35N5/c1-5-16-37(17-6-1)49-52-50(54-51(53-49)40-32-33-48-46(35-40)45-26-13-14-27-47(45)56(48)43-23-11-4-12-24-43)38-30-28-36(29-31-38)39-18-15-25-44(34-39)55(41-19-7-2-8-20-41)42-21-9-3-10-22-42/h1-35H. The molecule has 10 rings (SSSR count). The maximum absolute atomic E-state index is 5.12. The maximum Gasteiger partial charge on any atom is 0.164 e. The van der Waals surface area contributed by atoms with Crippen LogP contribution in [-0.2, 0) is 0 Å². The average molecular weight is 718 g/mol. The van der Waals surface area contributed by atoms with Gasteiger partial charge in [0.15, 0.2) is 17.5 Å². The zero-order chi connectivity index (χ0) is 37.3. The first-order chi connectivity index (χ1) is 27.8. The van der Waals surface area contributed by atoms with Gasteiger partial charge in [-0.15, -0.1) is 0 Å². The van der Waals surface area contributed by atoms with Crippen LogP contribution >= 0.6 is 0 Å². The number of nitrogens with zero attached hydrogens (tertiary/aromatic N) is 5. The van der Waals surface area contributed by atoms with Crippen molar-refractivity contribution >= 4 is 38.9 Å². The second-order valence-electron chi connectivity index (χ2n) is 13.7. The van der Waals surface area contributed by atoms with Crippen LogP contribution < -0.4 is 4.90 Å². The Balaban J connectivity index is 1.05. The predicted octanol–water partition coefficient (Wildman–Crippen LogP) is 13.1. The quantitative estimate of drug-likeness (QED) is 0.157. The van der Waals surface area contributed by atoms with E-state index in [0.29, 0.717) is 17.5 Å². The van der Waals surface area contributed by atoms with Crippen molar-refractivity contribution in [1.29, 1.82) is 0 Å². The monoisotopic (exact) mass is 717 g/mol. The molecule has 0 bridgehead atoms. The lowest BCUT2D eigenvalue weighted by Gasteiger charge is -2.25. The van der Waals surface area contributed by atoms with E-state index in [9.17, 15) is 0 Å². The van der Waals surface area contributed by atoms with Gasteiger partial charge in [0.1, 0.15) is 0 Å². The van der Waals surface area contributed by atoms with E-state index in [2.05, 4.69) is 179 Å². The summed E-state index contributed by atoms with van der Waals surface area (Å²) in [4.78, 5) is 17.5. The zero-order valence-corrected chi connectivity index (χ0v) is 30.4. The van der Waals surface area contributed by atoms with Crippen molar-refractivity contribution in [3.8, 4) is 51.0 Å². The molecule has 2 aromatic heterocycles. The van der Waals surface area contributed by atoms with Crippen molar-refractivity contribution in [2.45, 2.75) is 0 Å². The van der Waals surface area contributed by atoms with Crippen LogP contribution in [0.15, 0.2) is 212 Å². The van der Waals surface area contributed by atoms with Crippen LogP contribution in [0, 0.1) is 0 Å². The van der Waals surface area contributed by atoms with Gasteiger partial charge in [0.25, 0.3) is 0 Å². The van der Waals surface area contributed by atoms with Crippen molar-refractivity contribution in [1.82, 2.24) is 19.5 Å². The zero-order valence-electron chi connectivity index (χ0n) is 30.4. The summed E-state index contributed by atoms with van der Waals surface area (Å²) in [6, 6.07) is 73.9. The highest BCUT2D eigenvalue weighted by Crippen LogP contribution is 2.38. The van der Waals surface area contributed by atoms with Gasteiger partial charge < -0.3 is 9.47 Å². The fourth-order valence-electron chi connectivity index (χ4n) is 7.56. The molecule has 5 nitrogen and oxygen atoms in total. The number of para-hydroxylation sites is 4. The van der Waals surface area contributed by atoms with E-state index in [1.54, 1.807) is 0 Å². The Labute approximate surface area is 325 Å². The van der Waals surface area contributed by atoms with E-state index in [0.717, 1.165) is 67.0 Å². The van der Waals surface area contributed by atoms with Crippen LogP contribution in [0.2, 0.25) is 0 Å². The predicted molar refractivity (Wildman–Crippen MR) is 231 cm³/mol. The Morgan fingerprint density at radius 2 is 0.768 bits per heavy atom. The molecule has 8 aromatic carbocycles. The normalized spacial score (nSPS) is 11.2. The molecule has 0 aliphatic carbocycles. The number of aromatic nitrogens is 4. The largest absolute Gasteiger partial charge is 0.310 e. The molecule has 0 aliphatic rings. The highest BCUT2D eigenvalue weighted by atomic mass is 15.1. The topological polar surface area (TPSA) is 46.8 Å². The second-order valence-corrected chi connectivity index (χ2v) is 13.7. The first-order valence-corrected chi connectivity index (χ1v) is 18.8. The molecule has 0 spiro atoms. The van der Waals surface area contributed by atoms with E-state index >= 15 is 0 Å². The van der Waals surface area contributed by atoms with Crippen molar-refractivity contribution in [2.75, 3.05) is 4.90 Å². The fraction of sp³-hybridized carbons (Fsp3) is 0. The maximum atomic E-state index is 5.12. The van der Waals surface area contributed by atoms with E-state index < -0.39 is 0 Å². The van der Waals surface area contributed by atoms with Crippen molar-refractivity contribution in [2.24, 2.45) is 0 Å². The van der Waals surface area contributed by atoms with Gasteiger partial charge in [-0.05, 0) is 83.9 Å². The molecule has 0 radical (unpaired) electrons. The number of fused-ring (bicyclic) bond motifs is 3. The summed E-state index contributed by atoms with van der Waals surface area (Å²) in [5, 5.41) is 2.33. The summed E-state index contributed by atoms with van der Waals surface area (Å²) >= 11 is 0. The molecule has 0 amide bonds. The second kappa shape index (κ2) is 14.3. The van der Waals surface area contributed by atoms with Gasteiger partial charge in [-0.3, -0.25) is 0 Å². The summed E-state index contributed by atoms with van der Waals surface area (Å²) in [6.07, 6.45) is 0. The first kappa shape index (κ1) is 33.0.